The number of aromatic nitrogens is 2. The predicted octanol–water partition coefficient (Wildman–Crippen LogP) is 1.69. The van der Waals surface area contributed by atoms with Gasteiger partial charge < -0.3 is 16.0 Å². The van der Waals surface area contributed by atoms with Crippen molar-refractivity contribution >= 4 is 22.7 Å². The lowest BCUT2D eigenvalue weighted by Gasteiger charge is -2.14. The van der Waals surface area contributed by atoms with Crippen molar-refractivity contribution in [3.8, 4) is 0 Å². The quantitative estimate of drug-likeness (QED) is 0.778. The highest BCUT2D eigenvalue weighted by Crippen LogP contribution is 2.21. The third kappa shape index (κ3) is 2.61. The molecule has 1 fully saturated rings. The molecule has 5 nitrogen and oxygen atoms in total. The zero-order valence-electron chi connectivity index (χ0n) is 11.1. The number of hydrogen-bond acceptors (Lipinski definition) is 5. The summed E-state index contributed by atoms with van der Waals surface area (Å²) in [5.74, 6) is 2.33. The van der Waals surface area contributed by atoms with Gasteiger partial charge in [-0.15, -0.1) is 0 Å². The van der Waals surface area contributed by atoms with Crippen LogP contribution in [0.25, 0.3) is 11.0 Å². The van der Waals surface area contributed by atoms with Crippen LogP contribution in [0.4, 0.5) is 11.6 Å². The van der Waals surface area contributed by atoms with E-state index in [2.05, 4.69) is 25.9 Å². The van der Waals surface area contributed by atoms with Gasteiger partial charge in [0, 0.05) is 13.6 Å². The minimum absolute atomic E-state index is 0.679. The molecule has 19 heavy (non-hydrogen) atoms. The molecule has 0 radical (unpaired) electrons. The average Bonchev–Trinajstić information content (AvgIpc) is 2.97. The Morgan fingerprint density at radius 1 is 1.21 bits per heavy atom. The van der Waals surface area contributed by atoms with Crippen molar-refractivity contribution in [2.24, 2.45) is 5.92 Å². The number of hydrogen-bond donors (Lipinski definition) is 3. The van der Waals surface area contributed by atoms with E-state index in [9.17, 15) is 0 Å². The van der Waals surface area contributed by atoms with E-state index in [0.717, 1.165) is 42.3 Å². The van der Waals surface area contributed by atoms with Gasteiger partial charge in [-0.05, 0) is 37.6 Å². The third-order valence-corrected chi connectivity index (χ3v) is 3.53. The molecule has 1 aliphatic rings. The van der Waals surface area contributed by atoms with Crippen LogP contribution in [0.15, 0.2) is 24.3 Å². The molecule has 5 heteroatoms. The zero-order valence-corrected chi connectivity index (χ0v) is 11.1. The van der Waals surface area contributed by atoms with Gasteiger partial charge in [-0.3, -0.25) is 0 Å². The van der Waals surface area contributed by atoms with Crippen LogP contribution in [-0.2, 0) is 0 Å². The molecule has 2 heterocycles. The normalized spacial score (nSPS) is 18.7. The summed E-state index contributed by atoms with van der Waals surface area (Å²) in [5, 5.41) is 9.91. The van der Waals surface area contributed by atoms with Crippen molar-refractivity contribution in [1.82, 2.24) is 15.3 Å². The Bertz CT molecular complexity index is 563. The van der Waals surface area contributed by atoms with E-state index in [1.807, 2.05) is 31.3 Å². The second kappa shape index (κ2) is 5.40. The largest absolute Gasteiger partial charge is 0.370 e. The summed E-state index contributed by atoms with van der Waals surface area (Å²) >= 11 is 0. The topological polar surface area (TPSA) is 61.9 Å². The van der Waals surface area contributed by atoms with Gasteiger partial charge in [0.2, 0.25) is 0 Å². The van der Waals surface area contributed by atoms with Crippen LogP contribution in [0, 0.1) is 5.92 Å². The van der Waals surface area contributed by atoms with E-state index in [1.54, 1.807) is 0 Å². The maximum atomic E-state index is 4.65. The molecular weight excluding hydrogens is 238 g/mol. The minimum Gasteiger partial charge on any atom is -0.370 e. The van der Waals surface area contributed by atoms with Gasteiger partial charge in [-0.25, -0.2) is 9.97 Å². The monoisotopic (exact) mass is 257 g/mol. The Hall–Kier alpha value is -1.88. The second-order valence-corrected chi connectivity index (χ2v) is 4.90. The zero-order chi connectivity index (χ0) is 13.1. The second-order valence-electron chi connectivity index (χ2n) is 4.90. The highest BCUT2D eigenvalue weighted by Gasteiger charge is 2.15. The van der Waals surface area contributed by atoms with Gasteiger partial charge in [0.25, 0.3) is 0 Å². The molecule has 2 aromatic rings. The molecule has 100 valence electrons. The van der Waals surface area contributed by atoms with Crippen LogP contribution >= 0.6 is 0 Å². The van der Waals surface area contributed by atoms with Crippen LogP contribution in [0.5, 0.6) is 0 Å². The molecule has 0 saturated carbocycles. The third-order valence-electron chi connectivity index (χ3n) is 3.53. The molecule has 1 aromatic carbocycles. The molecular formula is C14H19N5. The Kier molecular flexibility index (Phi) is 3.46. The predicted molar refractivity (Wildman–Crippen MR) is 78.6 cm³/mol. The highest BCUT2D eigenvalue weighted by molar-refractivity contribution is 5.80. The number of nitrogens with zero attached hydrogens (tertiary/aromatic N) is 2. The number of rotatable bonds is 4. The standard InChI is InChI=1S/C14H19N5/c1-15-13-14(17-9-10-6-7-16-8-10)19-12-5-3-2-4-11(12)18-13/h2-5,10,16H,6-9H2,1H3,(H,15,18)(H,17,19). The van der Waals surface area contributed by atoms with Crippen LogP contribution < -0.4 is 16.0 Å². The van der Waals surface area contributed by atoms with E-state index < -0.39 is 0 Å². The van der Waals surface area contributed by atoms with Crippen molar-refractivity contribution in [1.29, 1.82) is 0 Å². The van der Waals surface area contributed by atoms with E-state index in [-0.39, 0.29) is 0 Å². The average molecular weight is 257 g/mol. The van der Waals surface area contributed by atoms with Gasteiger partial charge in [-0.1, -0.05) is 12.1 Å². The first-order valence-corrected chi connectivity index (χ1v) is 6.76. The Labute approximate surface area is 112 Å². The van der Waals surface area contributed by atoms with Crippen molar-refractivity contribution < 1.29 is 0 Å². The maximum Gasteiger partial charge on any atom is 0.169 e. The molecule has 3 N–H and O–H groups in total. The SMILES string of the molecule is CNc1nc2ccccc2nc1NCC1CCNC1. The molecule has 3 rings (SSSR count). The molecule has 1 unspecified atom stereocenters. The van der Waals surface area contributed by atoms with Gasteiger partial charge >= 0.3 is 0 Å². The summed E-state index contributed by atoms with van der Waals surface area (Å²) in [5.41, 5.74) is 1.84. The summed E-state index contributed by atoms with van der Waals surface area (Å²) in [4.78, 5) is 9.24. The van der Waals surface area contributed by atoms with E-state index in [0.29, 0.717) is 5.92 Å². The molecule has 0 bridgehead atoms. The Morgan fingerprint density at radius 3 is 2.58 bits per heavy atom. The van der Waals surface area contributed by atoms with Crippen LogP contribution in [0.1, 0.15) is 6.42 Å². The number of para-hydroxylation sites is 2. The van der Waals surface area contributed by atoms with Crippen LogP contribution in [0.3, 0.4) is 0 Å². The maximum absolute atomic E-state index is 4.65. The lowest BCUT2D eigenvalue weighted by atomic mass is 10.1. The van der Waals surface area contributed by atoms with Crippen LogP contribution in [0.2, 0.25) is 0 Å². The van der Waals surface area contributed by atoms with E-state index >= 15 is 0 Å². The van der Waals surface area contributed by atoms with Crippen LogP contribution in [-0.4, -0.2) is 36.6 Å². The highest BCUT2D eigenvalue weighted by atomic mass is 15.1. The van der Waals surface area contributed by atoms with Crippen molar-refractivity contribution in [2.45, 2.75) is 6.42 Å². The summed E-state index contributed by atoms with van der Waals surface area (Å²) in [6.45, 7) is 3.15. The number of anilines is 2. The van der Waals surface area contributed by atoms with Gasteiger partial charge in [0.05, 0.1) is 11.0 Å². The fourth-order valence-electron chi connectivity index (χ4n) is 2.43. The first kappa shape index (κ1) is 12.2. The minimum atomic E-state index is 0.679. The first-order valence-electron chi connectivity index (χ1n) is 6.76. The summed E-state index contributed by atoms with van der Waals surface area (Å²) < 4.78 is 0. The first-order chi connectivity index (χ1) is 9.36. The van der Waals surface area contributed by atoms with E-state index in [1.165, 1.54) is 6.42 Å². The lowest BCUT2D eigenvalue weighted by Crippen LogP contribution is -2.18. The van der Waals surface area contributed by atoms with Gasteiger partial charge in [0.15, 0.2) is 11.6 Å². The molecule has 1 aromatic heterocycles. The molecule has 0 aliphatic carbocycles. The fraction of sp³-hybridized carbons (Fsp3) is 0.429. The Morgan fingerprint density at radius 2 is 1.95 bits per heavy atom. The fourth-order valence-corrected chi connectivity index (χ4v) is 2.43. The molecule has 1 aliphatic heterocycles. The molecule has 0 spiro atoms. The Balaban J connectivity index is 1.83. The number of nitrogens with one attached hydrogen (secondary N) is 3. The van der Waals surface area contributed by atoms with Gasteiger partial charge in [-0.2, -0.15) is 0 Å². The summed E-state index contributed by atoms with van der Waals surface area (Å²) in [6.07, 6.45) is 1.23. The lowest BCUT2D eigenvalue weighted by molar-refractivity contribution is 0.614. The van der Waals surface area contributed by atoms with Crippen molar-refractivity contribution in [2.75, 3.05) is 37.3 Å². The summed E-state index contributed by atoms with van der Waals surface area (Å²) in [7, 11) is 1.88. The van der Waals surface area contributed by atoms with Gasteiger partial charge in [0.1, 0.15) is 0 Å². The molecule has 1 saturated heterocycles. The van der Waals surface area contributed by atoms with E-state index in [4.69, 9.17) is 0 Å². The van der Waals surface area contributed by atoms with Crippen molar-refractivity contribution in [3.63, 3.8) is 0 Å². The van der Waals surface area contributed by atoms with Crippen molar-refractivity contribution in [3.05, 3.63) is 24.3 Å². The summed E-state index contributed by atoms with van der Waals surface area (Å²) in [6, 6.07) is 7.94. The number of fused-ring (bicyclic) bond motifs is 1. The smallest absolute Gasteiger partial charge is 0.169 e. The molecule has 1 atom stereocenters. The number of benzene rings is 1. The molecule has 0 amide bonds.